The SMILES string of the molecule is Cc1nnc(N[C@H](C)c2cccc(C(F)F)c2F)c2cc(C3(O)CCC4(CC3)OCCO4)cnc12. The first-order valence-corrected chi connectivity index (χ1v) is 11.7. The van der Waals surface area contributed by atoms with Crippen molar-refractivity contribution < 1.29 is 27.8 Å². The molecule has 2 aliphatic rings. The molecule has 1 spiro atoms. The molecule has 1 aromatic carbocycles. The average Bonchev–Trinajstić information content (AvgIpc) is 3.31. The first-order valence-electron chi connectivity index (χ1n) is 11.7. The highest BCUT2D eigenvalue weighted by Gasteiger charge is 2.46. The lowest BCUT2D eigenvalue weighted by atomic mass is 9.77. The molecule has 1 saturated carbocycles. The molecule has 186 valence electrons. The number of ether oxygens (including phenoxy) is 2. The van der Waals surface area contributed by atoms with E-state index in [1.54, 1.807) is 20.0 Å². The van der Waals surface area contributed by atoms with E-state index in [0.29, 0.717) is 66.9 Å². The zero-order valence-electron chi connectivity index (χ0n) is 19.5. The second-order valence-electron chi connectivity index (χ2n) is 9.31. The summed E-state index contributed by atoms with van der Waals surface area (Å²) in [6, 6.07) is 5.08. The summed E-state index contributed by atoms with van der Waals surface area (Å²) in [5.41, 5.74) is 0.144. The van der Waals surface area contributed by atoms with Crippen molar-refractivity contribution in [2.75, 3.05) is 18.5 Å². The van der Waals surface area contributed by atoms with Crippen LogP contribution in [0.4, 0.5) is 19.0 Å². The van der Waals surface area contributed by atoms with E-state index < -0.39 is 35.2 Å². The molecule has 1 atom stereocenters. The van der Waals surface area contributed by atoms with Gasteiger partial charge in [-0.05, 0) is 32.8 Å². The van der Waals surface area contributed by atoms with Crippen molar-refractivity contribution in [3.63, 3.8) is 0 Å². The molecular weight excluding hydrogens is 461 g/mol. The van der Waals surface area contributed by atoms with Gasteiger partial charge in [0.15, 0.2) is 11.6 Å². The van der Waals surface area contributed by atoms with Crippen molar-refractivity contribution in [1.82, 2.24) is 15.2 Å². The van der Waals surface area contributed by atoms with E-state index in [0.717, 1.165) is 6.07 Å². The second-order valence-corrected chi connectivity index (χ2v) is 9.31. The Morgan fingerprint density at radius 2 is 1.74 bits per heavy atom. The summed E-state index contributed by atoms with van der Waals surface area (Å²) >= 11 is 0. The number of nitrogens with one attached hydrogen (secondary N) is 1. The molecule has 1 saturated heterocycles. The van der Waals surface area contributed by atoms with Gasteiger partial charge in [0.05, 0.1) is 41.6 Å². The predicted molar refractivity (Wildman–Crippen MR) is 122 cm³/mol. The maximum atomic E-state index is 14.7. The zero-order valence-corrected chi connectivity index (χ0v) is 19.5. The van der Waals surface area contributed by atoms with Crippen LogP contribution in [0.15, 0.2) is 30.5 Å². The Labute approximate surface area is 200 Å². The Kier molecular flexibility index (Phi) is 6.14. The van der Waals surface area contributed by atoms with Crippen molar-refractivity contribution in [2.45, 2.75) is 63.4 Å². The third-order valence-corrected chi connectivity index (χ3v) is 7.09. The number of anilines is 1. The van der Waals surface area contributed by atoms with Gasteiger partial charge in [-0.25, -0.2) is 13.2 Å². The Balaban J connectivity index is 1.46. The lowest BCUT2D eigenvalue weighted by molar-refractivity contribution is -0.204. The number of aromatic nitrogens is 3. The zero-order chi connectivity index (χ0) is 24.8. The van der Waals surface area contributed by atoms with Crippen LogP contribution in [-0.4, -0.2) is 39.3 Å². The lowest BCUT2D eigenvalue weighted by Gasteiger charge is -2.40. The topological polar surface area (TPSA) is 89.4 Å². The number of halogens is 3. The molecule has 0 unspecified atom stereocenters. The molecule has 2 fully saturated rings. The van der Waals surface area contributed by atoms with Crippen LogP contribution in [0, 0.1) is 12.7 Å². The Hall–Kier alpha value is -2.82. The minimum Gasteiger partial charge on any atom is -0.385 e. The van der Waals surface area contributed by atoms with E-state index in [9.17, 15) is 18.3 Å². The highest BCUT2D eigenvalue weighted by atomic mass is 19.3. The number of pyridine rings is 1. The minimum absolute atomic E-state index is 0.0928. The molecule has 35 heavy (non-hydrogen) atoms. The van der Waals surface area contributed by atoms with E-state index >= 15 is 0 Å². The minimum atomic E-state index is -2.91. The van der Waals surface area contributed by atoms with Crippen LogP contribution in [-0.2, 0) is 15.1 Å². The van der Waals surface area contributed by atoms with Crippen LogP contribution in [0.25, 0.3) is 10.9 Å². The van der Waals surface area contributed by atoms with Gasteiger partial charge in [-0.3, -0.25) is 4.98 Å². The molecule has 7 nitrogen and oxygen atoms in total. The Bertz CT molecular complexity index is 1240. The molecule has 2 aromatic heterocycles. The number of alkyl halides is 2. The van der Waals surface area contributed by atoms with Crippen LogP contribution in [0.2, 0.25) is 0 Å². The van der Waals surface area contributed by atoms with Gasteiger partial charge in [-0.2, -0.15) is 5.10 Å². The molecule has 2 N–H and O–H groups in total. The first kappa shape index (κ1) is 23.9. The molecule has 3 aromatic rings. The largest absolute Gasteiger partial charge is 0.385 e. The highest BCUT2D eigenvalue weighted by molar-refractivity contribution is 5.90. The maximum Gasteiger partial charge on any atom is 0.266 e. The maximum absolute atomic E-state index is 14.7. The summed E-state index contributed by atoms with van der Waals surface area (Å²) in [6.45, 7) is 4.55. The monoisotopic (exact) mass is 488 g/mol. The Morgan fingerprint density at radius 3 is 2.43 bits per heavy atom. The normalized spacial score (nSPS) is 20.0. The van der Waals surface area contributed by atoms with Gasteiger partial charge in [0.1, 0.15) is 5.82 Å². The van der Waals surface area contributed by atoms with Crippen LogP contribution < -0.4 is 5.32 Å². The summed E-state index contributed by atoms with van der Waals surface area (Å²) in [7, 11) is 0. The number of fused-ring (bicyclic) bond motifs is 1. The van der Waals surface area contributed by atoms with Crippen molar-refractivity contribution in [3.05, 3.63) is 58.7 Å². The molecule has 0 bridgehead atoms. The summed E-state index contributed by atoms with van der Waals surface area (Å²) in [5.74, 6) is -1.24. The van der Waals surface area contributed by atoms with Crippen LogP contribution >= 0.6 is 0 Å². The van der Waals surface area contributed by atoms with E-state index in [-0.39, 0.29) is 5.56 Å². The van der Waals surface area contributed by atoms with Gasteiger partial charge in [0.25, 0.3) is 6.43 Å². The van der Waals surface area contributed by atoms with Crippen molar-refractivity contribution in [3.8, 4) is 0 Å². The van der Waals surface area contributed by atoms with Crippen LogP contribution in [0.1, 0.15) is 67.5 Å². The van der Waals surface area contributed by atoms with Gasteiger partial charge < -0.3 is 19.9 Å². The quantitative estimate of drug-likeness (QED) is 0.517. The van der Waals surface area contributed by atoms with Crippen LogP contribution in [0.5, 0.6) is 0 Å². The smallest absolute Gasteiger partial charge is 0.266 e. The fourth-order valence-electron chi connectivity index (χ4n) is 4.99. The fraction of sp³-hybridized carbons (Fsp3) is 0.480. The van der Waals surface area contributed by atoms with Crippen molar-refractivity contribution >= 4 is 16.7 Å². The number of hydrogen-bond donors (Lipinski definition) is 2. The van der Waals surface area contributed by atoms with E-state index in [4.69, 9.17) is 9.47 Å². The molecular formula is C25H27F3N4O3. The number of aryl methyl sites for hydroxylation is 1. The molecule has 1 aliphatic heterocycles. The number of hydrogen-bond acceptors (Lipinski definition) is 7. The van der Waals surface area contributed by atoms with Gasteiger partial charge in [0.2, 0.25) is 0 Å². The highest BCUT2D eigenvalue weighted by Crippen LogP contribution is 2.45. The summed E-state index contributed by atoms with van der Waals surface area (Å²) in [5, 5.41) is 23.5. The number of rotatable bonds is 5. The van der Waals surface area contributed by atoms with E-state index in [1.807, 2.05) is 6.07 Å². The summed E-state index contributed by atoms with van der Waals surface area (Å²) < 4.78 is 52.6. The average molecular weight is 489 g/mol. The number of aliphatic hydroxyl groups is 1. The van der Waals surface area contributed by atoms with E-state index in [1.165, 1.54) is 12.1 Å². The predicted octanol–water partition coefficient (Wildman–Crippen LogP) is 5.09. The number of nitrogens with zero attached hydrogens (tertiary/aromatic N) is 3. The molecule has 0 amide bonds. The van der Waals surface area contributed by atoms with E-state index in [2.05, 4.69) is 20.5 Å². The Morgan fingerprint density at radius 1 is 1.06 bits per heavy atom. The third kappa shape index (κ3) is 4.34. The van der Waals surface area contributed by atoms with Gasteiger partial charge >= 0.3 is 0 Å². The van der Waals surface area contributed by atoms with Crippen molar-refractivity contribution in [2.24, 2.45) is 0 Å². The van der Waals surface area contributed by atoms with Gasteiger partial charge in [-0.15, -0.1) is 5.10 Å². The summed E-state index contributed by atoms with van der Waals surface area (Å²) in [6.07, 6.45) is 0.757. The molecule has 1 aliphatic carbocycles. The molecule has 5 rings (SSSR count). The van der Waals surface area contributed by atoms with Crippen molar-refractivity contribution in [1.29, 1.82) is 0 Å². The number of benzene rings is 1. The first-order chi connectivity index (χ1) is 16.7. The standard InChI is InChI=1S/C25H27F3N4O3/c1-14(17-4-3-5-18(20(17)26)22(27)28)30-23-19-12-16(13-29-21(19)15(2)31-32-23)24(33)6-8-25(9-7-24)34-10-11-35-25/h3-5,12-14,22,33H,6-11H2,1-2H3,(H,30,32)/t14-/m1/s1. The second kappa shape index (κ2) is 9.00. The van der Waals surface area contributed by atoms with Crippen LogP contribution in [0.3, 0.4) is 0 Å². The fourth-order valence-corrected chi connectivity index (χ4v) is 4.99. The lowest BCUT2D eigenvalue weighted by Crippen LogP contribution is -2.42. The molecule has 10 heteroatoms. The van der Waals surface area contributed by atoms with Gasteiger partial charge in [-0.1, -0.05) is 18.2 Å². The third-order valence-electron chi connectivity index (χ3n) is 7.09. The summed E-state index contributed by atoms with van der Waals surface area (Å²) in [4.78, 5) is 4.55. The molecule has 3 heterocycles. The molecule has 0 radical (unpaired) electrons. The van der Waals surface area contributed by atoms with Gasteiger partial charge in [0, 0.05) is 35.6 Å².